The Balaban J connectivity index is 1.66. The third-order valence-corrected chi connectivity index (χ3v) is 6.70. The van der Waals surface area contributed by atoms with Crippen molar-refractivity contribution in [1.29, 1.82) is 0 Å². The summed E-state index contributed by atoms with van der Waals surface area (Å²) in [6.45, 7) is 1.93. The molecular formula is C17H15F2N3O2S2. The molecule has 0 atom stereocenters. The second-order valence-electron chi connectivity index (χ2n) is 6.03. The zero-order valence-electron chi connectivity index (χ0n) is 13.6. The molecule has 0 radical (unpaired) electrons. The van der Waals surface area contributed by atoms with Gasteiger partial charge in [-0.2, -0.15) is 0 Å². The van der Waals surface area contributed by atoms with Gasteiger partial charge in [-0.15, -0.1) is 0 Å². The minimum Gasteiger partial charge on any atom is -0.348 e. The van der Waals surface area contributed by atoms with Crippen molar-refractivity contribution in [3.05, 3.63) is 48.0 Å². The van der Waals surface area contributed by atoms with E-state index in [1.54, 1.807) is 12.1 Å². The van der Waals surface area contributed by atoms with Crippen molar-refractivity contribution in [1.82, 2.24) is 4.98 Å². The topological polar surface area (TPSA) is 62.3 Å². The molecule has 1 saturated heterocycles. The molecule has 1 N–H and O–H groups in total. The SMILES string of the molecule is O=S(=O)(Nc1ccc2nc(N3CCCC3)sc2c1)c1c(F)cccc1F. The van der Waals surface area contributed by atoms with Crippen LogP contribution in [0.1, 0.15) is 12.8 Å². The number of sulfonamides is 1. The van der Waals surface area contributed by atoms with Gasteiger partial charge in [-0.05, 0) is 43.2 Å². The highest BCUT2D eigenvalue weighted by molar-refractivity contribution is 7.92. The van der Waals surface area contributed by atoms with Gasteiger partial charge in [0.1, 0.15) is 11.6 Å². The number of rotatable bonds is 4. The van der Waals surface area contributed by atoms with E-state index in [2.05, 4.69) is 14.6 Å². The molecule has 2 aromatic carbocycles. The number of hydrogen-bond acceptors (Lipinski definition) is 5. The molecule has 0 amide bonds. The molecule has 26 heavy (non-hydrogen) atoms. The van der Waals surface area contributed by atoms with E-state index < -0.39 is 26.6 Å². The Morgan fingerprint density at radius 1 is 1.08 bits per heavy atom. The van der Waals surface area contributed by atoms with Crippen molar-refractivity contribution in [3.8, 4) is 0 Å². The van der Waals surface area contributed by atoms with E-state index in [0.29, 0.717) is 0 Å². The van der Waals surface area contributed by atoms with Crippen LogP contribution in [0.5, 0.6) is 0 Å². The van der Waals surface area contributed by atoms with Gasteiger partial charge in [-0.25, -0.2) is 22.2 Å². The first-order chi connectivity index (χ1) is 12.4. The van der Waals surface area contributed by atoms with Crippen LogP contribution in [0.3, 0.4) is 0 Å². The molecule has 0 aliphatic carbocycles. The number of thiazole rings is 1. The standard InChI is InChI=1S/C17H15F2N3O2S2/c18-12-4-3-5-13(19)16(12)26(23,24)21-11-6-7-14-15(10-11)25-17(20-14)22-8-1-2-9-22/h3-7,10,21H,1-2,8-9H2. The summed E-state index contributed by atoms with van der Waals surface area (Å²) in [7, 11) is -4.38. The van der Waals surface area contributed by atoms with Gasteiger partial charge in [0.25, 0.3) is 10.0 Å². The van der Waals surface area contributed by atoms with Gasteiger partial charge < -0.3 is 4.90 Å². The van der Waals surface area contributed by atoms with Crippen molar-refractivity contribution < 1.29 is 17.2 Å². The van der Waals surface area contributed by atoms with Crippen LogP contribution < -0.4 is 9.62 Å². The lowest BCUT2D eigenvalue weighted by atomic mass is 10.3. The highest BCUT2D eigenvalue weighted by atomic mass is 32.2. The van der Waals surface area contributed by atoms with Crippen LogP contribution >= 0.6 is 11.3 Å². The van der Waals surface area contributed by atoms with Crippen molar-refractivity contribution in [2.75, 3.05) is 22.7 Å². The highest BCUT2D eigenvalue weighted by Crippen LogP contribution is 2.33. The molecule has 5 nitrogen and oxygen atoms in total. The van der Waals surface area contributed by atoms with Gasteiger partial charge >= 0.3 is 0 Å². The Morgan fingerprint density at radius 2 is 1.77 bits per heavy atom. The average Bonchev–Trinajstić information content (AvgIpc) is 3.22. The van der Waals surface area contributed by atoms with E-state index in [4.69, 9.17) is 0 Å². The van der Waals surface area contributed by atoms with Crippen LogP contribution in [0.4, 0.5) is 19.6 Å². The monoisotopic (exact) mass is 395 g/mol. The largest absolute Gasteiger partial charge is 0.348 e. The number of hydrogen-bond donors (Lipinski definition) is 1. The van der Waals surface area contributed by atoms with Crippen LogP contribution in [0.2, 0.25) is 0 Å². The summed E-state index contributed by atoms with van der Waals surface area (Å²) in [4.78, 5) is 5.78. The van der Waals surface area contributed by atoms with Crippen LogP contribution in [-0.4, -0.2) is 26.5 Å². The Kier molecular flexibility index (Phi) is 4.28. The van der Waals surface area contributed by atoms with E-state index in [9.17, 15) is 17.2 Å². The lowest BCUT2D eigenvalue weighted by molar-refractivity contribution is 0.521. The molecule has 0 unspecified atom stereocenters. The maximum atomic E-state index is 13.8. The fraction of sp³-hybridized carbons (Fsp3) is 0.235. The number of fused-ring (bicyclic) bond motifs is 1. The van der Waals surface area contributed by atoms with E-state index >= 15 is 0 Å². The molecule has 2 heterocycles. The number of benzene rings is 2. The molecule has 1 aliphatic heterocycles. The van der Waals surface area contributed by atoms with Crippen molar-refractivity contribution >= 4 is 42.4 Å². The van der Waals surface area contributed by atoms with E-state index in [1.807, 2.05) is 0 Å². The highest BCUT2D eigenvalue weighted by Gasteiger charge is 2.24. The second kappa shape index (κ2) is 6.48. The summed E-state index contributed by atoms with van der Waals surface area (Å²) in [6, 6.07) is 7.79. The first-order valence-electron chi connectivity index (χ1n) is 8.06. The molecule has 0 saturated carbocycles. The minimum atomic E-state index is -4.38. The Morgan fingerprint density at radius 3 is 2.46 bits per heavy atom. The van der Waals surface area contributed by atoms with Gasteiger partial charge in [0.05, 0.1) is 15.9 Å². The summed E-state index contributed by atoms with van der Waals surface area (Å²) in [5.41, 5.74) is 0.994. The lowest BCUT2D eigenvalue weighted by Crippen LogP contribution is -2.16. The molecule has 9 heteroatoms. The predicted octanol–water partition coefficient (Wildman–Crippen LogP) is 3.98. The van der Waals surface area contributed by atoms with Gasteiger partial charge in [-0.1, -0.05) is 17.4 Å². The van der Waals surface area contributed by atoms with Crippen molar-refractivity contribution in [2.45, 2.75) is 17.7 Å². The molecule has 1 aliphatic rings. The quantitative estimate of drug-likeness (QED) is 0.726. The first-order valence-corrected chi connectivity index (χ1v) is 10.4. The molecule has 1 fully saturated rings. The zero-order chi connectivity index (χ0) is 18.3. The summed E-state index contributed by atoms with van der Waals surface area (Å²) >= 11 is 1.47. The maximum Gasteiger partial charge on any atom is 0.267 e. The number of anilines is 2. The molecule has 1 aromatic heterocycles. The van der Waals surface area contributed by atoms with E-state index in [1.165, 1.54) is 17.4 Å². The zero-order valence-corrected chi connectivity index (χ0v) is 15.2. The normalized spacial score (nSPS) is 14.9. The number of nitrogens with one attached hydrogen (secondary N) is 1. The fourth-order valence-corrected chi connectivity index (χ4v) is 5.21. The summed E-state index contributed by atoms with van der Waals surface area (Å²) in [5.74, 6) is -2.26. The van der Waals surface area contributed by atoms with Crippen LogP contribution in [0, 0.1) is 11.6 Å². The van der Waals surface area contributed by atoms with Gasteiger partial charge in [0.15, 0.2) is 10.0 Å². The molecule has 0 spiro atoms. The van der Waals surface area contributed by atoms with E-state index in [0.717, 1.165) is 59.5 Å². The van der Waals surface area contributed by atoms with Gasteiger partial charge in [-0.3, -0.25) is 4.72 Å². The summed E-state index contributed by atoms with van der Waals surface area (Å²) in [5, 5.41) is 0.901. The third-order valence-electron chi connectivity index (χ3n) is 4.19. The third kappa shape index (κ3) is 3.12. The maximum absolute atomic E-state index is 13.8. The van der Waals surface area contributed by atoms with Gasteiger partial charge in [0.2, 0.25) is 0 Å². The lowest BCUT2D eigenvalue weighted by Gasteiger charge is -2.11. The van der Waals surface area contributed by atoms with E-state index in [-0.39, 0.29) is 5.69 Å². The molecular weight excluding hydrogens is 380 g/mol. The predicted molar refractivity (Wildman–Crippen MR) is 98.2 cm³/mol. The van der Waals surface area contributed by atoms with Crippen LogP contribution in [0.15, 0.2) is 41.3 Å². The molecule has 3 aromatic rings. The summed E-state index contributed by atoms with van der Waals surface area (Å²) < 4.78 is 55.4. The number of halogens is 2. The number of nitrogens with zero attached hydrogens (tertiary/aromatic N) is 2. The fourth-order valence-electron chi connectivity index (χ4n) is 2.97. The van der Waals surface area contributed by atoms with Crippen LogP contribution in [-0.2, 0) is 10.0 Å². The van der Waals surface area contributed by atoms with Crippen molar-refractivity contribution in [3.63, 3.8) is 0 Å². The molecule has 136 valence electrons. The molecule has 4 rings (SSSR count). The Labute approximate surface area is 153 Å². The second-order valence-corrected chi connectivity index (χ2v) is 8.66. The summed E-state index contributed by atoms with van der Waals surface area (Å²) in [6.07, 6.45) is 2.27. The number of aromatic nitrogens is 1. The first kappa shape index (κ1) is 17.2. The van der Waals surface area contributed by atoms with Gasteiger partial charge in [0, 0.05) is 13.1 Å². The Bertz CT molecular complexity index is 1060. The van der Waals surface area contributed by atoms with Crippen molar-refractivity contribution in [2.24, 2.45) is 0 Å². The van der Waals surface area contributed by atoms with Crippen LogP contribution in [0.25, 0.3) is 10.2 Å². The average molecular weight is 395 g/mol. The minimum absolute atomic E-state index is 0.233. The Hall–Kier alpha value is -2.26. The smallest absolute Gasteiger partial charge is 0.267 e. The molecule has 0 bridgehead atoms.